The van der Waals surface area contributed by atoms with Gasteiger partial charge in [-0.3, -0.25) is 0 Å². The van der Waals surface area contributed by atoms with Crippen molar-refractivity contribution in [1.29, 1.82) is 0 Å². The number of phenolic OH excluding ortho intramolecular Hbond substituents is 1. The molecule has 0 unspecified atom stereocenters. The second kappa shape index (κ2) is 6.87. The molecule has 0 saturated heterocycles. The van der Waals surface area contributed by atoms with Gasteiger partial charge in [-0.2, -0.15) is 0 Å². The summed E-state index contributed by atoms with van der Waals surface area (Å²) >= 11 is 0. The lowest BCUT2D eigenvalue weighted by atomic mass is 10.0. The maximum atomic E-state index is 10.5. The third-order valence-corrected chi connectivity index (χ3v) is 3.63. The van der Waals surface area contributed by atoms with Crippen LogP contribution in [0.25, 0.3) is 22.9 Å². The highest BCUT2D eigenvalue weighted by atomic mass is 16.5. The molecule has 0 amide bonds. The number of carbonyl (C=O) groups is 1. The summed E-state index contributed by atoms with van der Waals surface area (Å²) in [4.78, 5) is 10.5. The van der Waals surface area contributed by atoms with Crippen LogP contribution in [-0.2, 0) is 4.79 Å². The van der Waals surface area contributed by atoms with Crippen molar-refractivity contribution >= 4 is 28.9 Å². The highest BCUT2D eigenvalue weighted by Gasteiger charge is 2.03. The number of benzene rings is 3. The fourth-order valence-corrected chi connectivity index (χ4v) is 2.46. The topological polar surface area (TPSA) is 66.8 Å². The average molecular weight is 320 g/mol. The first-order valence-electron chi connectivity index (χ1n) is 7.47. The molecule has 0 bridgehead atoms. The summed E-state index contributed by atoms with van der Waals surface area (Å²) in [6, 6.07) is 18.5. The van der Waals surface area contributed by atoms with Gasteiger partial charge in [0.05, 0.1) is 0 Å². The normalized spacial score (nSPS) is 11.0. The van der Waals surface area contributed by atoms with Gasteiger partial charge in [0.25, 0.3) is 0 Å². The van der Waals surface area contributed by atoms with Crippen molar-refractivity contribution in [2.75, 3.05) is 6.61 Å². The Kier molecular flexibility index (Phi) is 4.47. The number of phenols is 1. The van der Waals surface area contributed by atoms with E-state index < -0.39 is 5.97 Å². The SMILES string of the molecule is O=C(O)COc1ccc(C=Cc2c(O)ccc3ccccc23)cc1. The van der Waals surface area contributed by atoms with E-state index in [0.717, 1.165) is 21.9 Å². The fourth-order valence-electron chi connectivity index (χ4n) is 2.46. The van der Waals surface area contributed by atoms with Crippen LogP contribution in [0.2, 0.25) is 0 Å². The van der Waals surface area contributed by atoms with Crippen molar-refractivity contribution in [1.82, 2.24) is 0 Å². The first kappa shape index (κ1) is 15.6. The molecule has 0 aromatic heterocycles. The van der Waals surface area contributed by atoms with E-state index in [-0.39, 0.29) is 12.4 Å². The summed E-state index contributed by atoms with van der Waals surface area (Å²) in [5.41, 5.74) is 1.68. The maximum absolute atomic E-state index is 10.5. The molecule has 3 aromatic rings. The molecule has 0 saturated carbocycles. The van der Waals surface area contributed by atoms with Gasteiger partial charge in [-0.15, -0.1) is 0 Å². The first-order valence-corrected chi connectivity index (χ1v) is 7.47. The Labute approximate surface area is 139 Å². The summed E-state index contributed by atoms with van der Waals surface area (Å²) in [6.07, 6.45) is 3.76. The number of carboxylic acids is 1. The number of hydrogen-bond acceptors (Lipinski definition) is 3. The lowest BCUT2D eigenvalue weighted by molar-refractivity contribution is -0.139. The molecule has 0 atom stereocenters. The van der Waals surface area contributed by atoms with Gasteiger partial charge in [0, 0.05) is 5.56 Å². The van der Waals surface area contributed by atoms with Crippen LogP contribution in [0, 0.1) is 0 Å². The molecule has 0 aliphatic rings. The molecular weight excluding hydrogens is 304 g/mol. The molecule has 0 heterocycles. The summed E-state index contributed by atoms with van der Waals surface area (Å²) in [5.74, 6) is -0.278. The van der Waals surface area contributed by atoms with Crippen molar-refractivity contribution in [2.24, 2.45) is 0 Å². The van der Waals surface area contributed by atoms with Crippen molar-refractivity contribution < 1.29 is 19.7 Å². The highest BCUT2D eigenvalue weighted by Crippen LogP contribution is 2.29. The Morgan fingerprint density at radius 3 is 2.46 bits per heavy atom. The standard InChI is InChI=1S/C20H16O4/c21-19-12-8-15-3-1-2-4-17(15)18(19)11-7-14-5-9-16(10-6-14)24-13-20(22)23/h1-12,21H,13H2,(H,22,23). The van der Waals surface area contributed by atoms with E-state index in [0.29, 0.717) is 5.75 Å². The van der Waals surface area contributed by atoms with E-state index in [1.54, 1.807) is 18.2 Å². The fraction of sp³-hybridized carbons (Fsp3) is 0.0500. The van der Waals surface area contributed by atoms with Gasteiger partial charge < -0.3 is 14.9 Å². The van der Waals surface area contributed by atoms with E-state index >= 15 is 0 Å². The predicted molar refractivity (Wildman–Crippen MR) is 94.1 cm³/mol. The summed E-state index contributed by atoms with van der Waals surface area (Å²) in [7, 11) is 0. The molecule has 4 nitrogen and oxygen atoms in total. The van der Waals surface area contributed by atoms with Gasteiger partial charge in [-0.25, -0.2) is 4.79 Å². The van der Waals surface area contributed by atoms with Gasteiger partial charge in [0.2, 0.25) is 0 Å². The Morgan fingerprint density at radius 2 is 1.71 bits per heavy atom. The zero-order valence-electron chi connectivity index (χ0n) is 12.8. The minimum atomic E-state index is -1.01. The lowest BCUT2D eigenvalue weighted by Crippen LogP contribution is -2.09. The van der Waals surface area contributed by atoms with E-state index in [1.807, 2.05) is 54.6 Å². The van der Waals surface area contributed by atoms with E-state index in [1.165, 1.54) is 0 Å². The predicted octanol–water partition coefficient (Wildman–Crippen LogP) is 4.18. The highest BCUT2D eigenvalue weighted by molar-refractivity contribution is 5.95. The lowest BCUT2D eigenvalue weighted by Gasteiger charge is -2.05. The molecule has 0 fully saturated rings. The number of fused-ring (bicyclic) bond motifs is 1. The third-order valence-electron chi connectivity index (χ3n) is 3.63. The molecule has 0 radical (unpaired) electrons. The zero-order valence-corrected chi connectivity index (χ0v) is 12.8. The van der Waals surface area contributed by atoms with Gasteiger partial charge in [-0.1, -0.05) is 54.6 Å². The number of ether oxygens (including phenoxy) is 1. The van der Waals surface area contributed by atoms with Crippen LogP contribution in [0.1, 0.15) is 11.1 Å². The van der Waals surface area contributed by atoms with Crippen LogP contribution < -0.4 is 4.74 Å². The molecule has 120 valence electrons. The first-order chi connectivity index (χ1) is 11.6. The maximum Gasteiger partial charge on any atom is 0.341 e. The number of aromatic hydroxyl groups is 1. The Bertz CT molecular complexity index is 895. The Morgan fingerprint density at radius 1 is 0.958 bits per heavy atom. The van der Waals surface area contributed by atoms with Crippen molar-refractivity contribution in [3.8, 4) is 11.5 Å². The van der Waals surface area contributed by atoms with E-state index in [4.69, 9.17) is 9.84 Å². The van der Waals surface area contributed by atoms with Gasteiger partial charge in [-0.05, 0) is 34.5 Å². The van der Waals surface area contributed by atoms with Crippen LogP contribution in [0.5, 0.6) is 11.5 Å². The largest absolute Gasteiger partial charge is 0.507 e. The van der Waals surface area contributed by atoms with Gasteiger partial charge in [0.15, 0.2) is 6.61 Å². The van der Waals surface area contributed by atoms with E-state index in [2.05, 4.69) is 0 Å². The second-order valence-corrected chi connectivity index (χ2v) is 5.30. The minimum absolute atomic E-state index is 0.228. The van der Waals surface area contributed by atoms with Crippen LogP contribution >= 0.6 is 0 Å². The number of rotatable bonds is 5. The smallest absolute Gasteiger partial charge is 0.341 e. The molecule has 0 spiro atoms. The molecule has 4 heteroatoms. The monoisotopic (exact) mass is 320 g/mol. The Hall–Kier alpha value is -3.27. The number of hydrogen-bond donors (Lipinski definition) is 2. The zero-order chi connectivity index (χ0) is 16.9. The van der Waals surface area contributed by atoms with Gasteiger partial charge >= 0.3 is 5.97 Å². The average Bonchev–Trinajstić information content (AvgIpc) is 2.60. The van der Waals surface area contributed by atoms with Crippen LogP contribution in [0.4, 0.5) is 0 Å². The molecule has 3 aromatic carbocycles. The van der Waals surface area contributed by atoms with Crippen LogP contribution in [-0.4, -0.2) is 22.8 Å². The molecule has 0 aliphatic carbocycles. The van der Waals surface area contributed by atoms with Crippen molar-refractivity contribution in [2.45, 2.75) is 0 Å². The quantitative estimate of drug-likeness (QED) is 0.692. The molecular formula is C20H16O4. The Balaban J connectivity index is 1.83. The number of aliphatic carboxylic acids is 1. The van der Waals surface area contributed by atoms with Crippen molar-refractivity contribution in [3.05, 3.63) is 71.8 Å². The van der Waals surface area contributed by atoms with E-state index in [9.17, 15) is 9.90 Å². The molecule has 24 heavy (non-hydrogen) atoms. The second-order valence-electron chi connectivity index (χ2n) is 5.30. The molecule has 0 aliphatic heterocycles. The minimum Gasteiger partial charge on any atom is -0.507 e. The third kappa shape index (κ3) is 3.55. The van der Waals surface area contributed by atoms with Crippen LogP contribution in [0.15, 0.2) is 60.7 Å². The number of carboxylic acid groups (broad SMARTS) is 1. The molecule has 2 N–H and O–H groups in total. The van der Waals surface area contributed by atoms with Crippen LogP contribution in [0.3, 0.4) is 0 Å². The summed E-state index contributed by atoms with van der Waals surface area (Å²) in [6.45, 7) is -0.362. The molecule has 3 rings (SSSR count). The van der Waals surface area contributed by atoms with Gasteiger partial charge in [0.1, 0.15) is 11.5 Å². The summed E-state index contributed by atoms with van der Waals surface area (Å²) in [5, 5.41) is 20.8. The van der Waals surface area contributed by atoms with Crippen molar-refractivity contribution in [3.63, 3.8) is 0 Å². The summed E-state index contributed by atoms with van der Waals surface area (Å²) < 4.78 is 5.10.